The van der Waals surface area contributed by atoms with Crippen molar-refractivity contribution in [2.24, 2.45) is 0 Å². The van der Waals surface area contributed by atoms with E-state index >= 15 is 0 Å². The van der Waals surface area contributed by atoms with Crippen LogP contribution in [0.1, 0.15) is 74.1 Å². The zero-order chi connectivity index (χ0) is 25.3. The minimum atomic E-state index is -1.87. The molecule has 0 unspecified atom stereocenters. The summed E-state index contributed by atoms with van der Waals surface area (Å²) in [6.45, 7) is 20.1. The summed E-state index contributed by atoms with van der Waals surface area (Å²) in [5.41, 5.74) is 3.26. The Hall–Kier alpha value is -0.693. The largest absolute Gasteiger partial charge is 0.478 e. The SMILES string of the molecule is CCC1(C[C@@H](C\C=C(C)/C=C(C)/C=C(C)/C=C/C(=O)O)O[Si](C)(C)C(C)(C)C)SCCCS1. The average molecular weight is 511 g/mol. The van der Waals surface area contributed by atoms with Crippen molar-refractivity contribution in [2.45, 2.75) is 102 Å². The van der Waals surface area contributed by atoms with Gasteiger partial charge in [0.1, 0.15) is 0 Å². The zero-order valence-corrected chi connectivity index (χ0v) is 24.9. The maximum absolute atomic E-state index is 10.7. The standard InChI is InChI=1S/C27H46O3S2Si/c1-10-27(31-16-11-17-32-27)20-24(30-33(8,9)26(5,6)7)14-12-21(2)18-23(4)19-22(3)13-15-25(28)29/h12-13,15,18-19,24H,10-11,14,16-17,20H2,1-9H3,(H,28,29)/b15-13+,21-12-,22-19+,23-18+/t24-/m1/s1. The van der Waals surface area contributed by atoms with Crippen LogP contribution < -0.4 is 0 Å². The highest BCUT2D eigenvalue weighted by Gasteiger charge is 2.41. The molecule has 0 aromatic rings. The monoisotopic (exact) mass is 510 g/mol. The van der Waals surface area contributed by atoms with Crippen LogP contribution >= 0.6 is 23.5 Å². The second-order valence-electron chi connectivity index (χ2n) is 10.7. The molecule has 3 nitrogen and oxygen atoms in total. The van der Waals surface area contributed by atoms with Crippen LogP contribution in [0.3, 0.4) is 0 Å². The van der Waals surface area contributed by atoms with E-state index in [1.807, 2.05) is 13.0 Å². The number of allylic oxidation sites excluding steroid dienone is 6. The summed E-state index contributed by atoms with van der Waals surface area (Å²) in [5.74, 6) is 1.59. The van der Waals surface area contributed by atoms with E-state index in [0.29, 0.717) is 0 Å². The Kier molecular flexibility index (Phi) is 12.3. The quantitative estimate of drug-likeness (QED) is 0.171. The van der Waals surface area contributed by atoms with Crippen molar-refractivity contribution in [3.8, 4) is 0 Å². The number of carboxylic acid groups (broad SMARTS) is 1. The molecule has 0 amide bonds. The highest BCUT2D eigenvalue weighted by molar-refractivity contribution is 8.18. The third-order valence-corrected chi connectivity index (χ3v) is 14.7. The molecule has 188 valence electrons. The van der Waals surface area contributed by atoms with Crippen LogP contribution in [-0.2, 0) is 9.22 Å². The van der Waals surface area contributed by atoms with E-state index in [2.05, 4.69) is 90.3 Å². The normalized spacial score (nSPS) is 19.7. The first kappa shape index (κ1) is 30.3. The molecule has 6 heteroatoms. The van der Waals surface area contributed by atoms with Gasteiger partial charge in [0.15, 0.2) is 8.32 Å². The van der Waals surface area contributed by atoms with E-state index < -0.39 is 14.3 Å². The maximum Gasteiger partial charge on any atom is 0.328 e. The van der Waals surface area contributed by atoms with E-state index in [9.17, 15) is 4.79 Å². The number of carbonyl (C=O) groups is 1. The number of carboxylic acids is 1. The van der Waals surface area contributed by atoms with Gasteiger partial charge in [0.05, 0.1) is 10.2 Å². The lowest BCUT2D eigenvalue weighted by molar-refractivity contribution is -0.131. The van der Waals surface area contributed by atoms with Crippen molar-refractivity contribution < 1.29 is 14.3 Å². The van der Waals surface area contributed by atoms with Crippen molar-refractivity contribution in [1.29, 1.82) is 0 Å². The van der Waals surface area contributed by atoms with E-state index in [4.69, 9.17) is 9.53 Å². The van der Waals surface area contributed by atoms with Gasteiger partial charge in [-0.1, -0.05) is 68.7 Å². The molecular weight excluding hydrogens is 465 g/mol. The van der Waals surface area contributed by atoms with Crippen LogP contribution in [0.5, 0.6) is 0 Å². The zero-order valence-electron chi connectivity index (χ0n) is 22.3. The first-order chi connectivity index (χ1) is 15.2. The van der Waals surface area contributed by atoms with Gasteiger partial charge in [-0.05, 0) is 76.1 Å². The Bertz CT molecular complexity index is 767. The van der Waals surface area contributed by atoms with E-state index in [0.717, 1.165) is 24.0 Å². The topological polar surface area (TPSA) is 46.5 Å². The van der Waals surface area contributed by atoms with E-state index in [1.54, 1.807) is 6.08 Å². The van der Waals surface area contributed by atoms with Crippen molar-refractivity contribution in [3.63, 3.8) is 0 Å². The molecular formula is C27H46O3S2Si. The van der Waals surface area contributed by atoms with E-state index in [-0.39, 0.29) is 15.2 Å². The summed E-state index contributed by atoms with van der Waals surface area (Å²) < 4.78 is 7.25. The minimum Gasteiger partial charge on any atom is -0.478 e. The van der Waals surface area contributed by atoms with Crippen LogP contribution in [-0.4, -0.2) is 41.1 Å². The molecule has 1 fully saturated rings. The molecule has 0 aromatic carbocycles. The fraction of sp³-hybridized carbons (Fsp3) is 0.667. The Morgan fingerprint density at radius 1 is 1.06 bits per heavy atom. The third-order valence-electron chi connectivity index (χ3n) is 6.47. The van der Waals surface area contributed by atoms with Crippen LogP contribution in [0.2, 0.25) is 18.1 Å². The highest BCUT2D eigenvalue weighted by Crippen LogP contribution is 2.49. The van der Waals surface area contributed by atoms with Crippen molar-refractivity contribution in [3.05, 3.63) is 47.1 Å². The van der Waals surface area contributed by atoms with Gasteiger partial charge < -0.3 is 9.53 Å². The minimum absolute atomic E-state index is 0.193. The van der Waals surface area contributed by atoms with Crippen LogP contribution in [0.4, 0.5) is 0 Å². The molecule has 0 bridgehead atoms. The molecule has 1 atom stereocenters. The average Bonchev–Trinajstić information content (AvgIpc) is 2.70. The first-order valence-corrected chi connectivity index (χ1v) is 17.0. The summed E-state index contributed by atoms with van der Waals surface area (Å²) in [4.78, 5) is 10.7. The van der Waals surface area contributed by atoms with Crippen LogP contribution in [0, 0.1) is 0 Å². The van der Waals surface area contributed by atoms with Gasteiger partial charge in [-0.25, -0.2) is 4.79 Å². The molecule has 1 saturated heterocycles. The number of thioether (sulfide) groups is 2. The van der Waals surface area contributed by atoms with Gasteiger partial charge in [0.2, 0.25) is 0 Å². The molecule has 0 spiro atoms. The van der Waals surface area contributed by atoms with Crippen molar-refractivity contribution >= 4 is 37.8 Å². The highest BCUT2D eigenvalue weighted by atomic mass is 32.2. The maximum atomic E-state index is 10.7. The molecule has 1 heterocycles. The molecule has 0 radical (unpaired) electrons. The third kappa shape index (κ3) is 11.1. The fourth-order valence-corrected chi connectivity index (χ4v) is 8.30. The van der Waals surface area contributed by atoms with Gasteiger partial charge in [-0.15, -0.1) is 23.5 Å². The molecule has 1 N–H and O–H groups in total. The van der Waals surface area contributed by atoms with Crippen LogP contribution in [0.15, 0.2) is 47.1 Å². The van der Waals surface area contributed by atoms with E-state index in [1.165, 1.54) is 36.0 Å². The second-order valence-corrected chi connectivity index (χ2v) is 18.6. The van der Waals surface area contributed by atoms with Crippen molar-refractivity contribution in [2.75, 3.05) is 11.5 Å². The molecule has 0 saturated carbocycles. The number of hydrogen-bond donors (Lipinski definition) is 1. The lowest BCUT2D eigenvalue weighted by Gasteiger charge is -2.43. The Labute approximate surface area is 212 Å². The number of aliphatic carboxylic acids is 1. The lowest BCUT2D eigenvalue weighted by Crippen LogP contribution is -2.45. The van der Waals surface area contributed by atoms with Gasteiger partial charge in [-0.3, -0.25) is 0 Å². The summed E-state index contributed by atoms with van der Waals surface area (Å²) in [7, 11) is -1.87. The molecule has 0 aliphatic carbocycles. The molecule has 1 aliphatic rings. The molecule has 33 heavy (non-hydrogen) atoms. The van der Waals surface area contributed by atoms with Gasteiger partial charge in [-0.2, -0.15) is 0 Å². The summed E-state index contributed by atoms with van der Waals surface area (Å²) >= 11 is 4.28. The summed E-state index contributed by atoms with van der Waals surface area (Å²) in [5, 5.41) is 8.99. The first-order valence-electron chi connectivity index (χ1n) is 12.1. The van der Waals surface area contributed by atoms with Gasteiger partial charge in [0.25, 0.3) is 0 Å². The van der Waals surface area contributed by atoms with Gasteiger partial charge in [0, 0.05) is 6.08 Å². The predicted molar refractivity (Wildman–Crippen MR) is 152 cm³/mol. The summed E-state index contributed by atoms with van der Waals surface area (Å²) in [6, 6.07) is 0. The van der Waals surface area contributed by atoms with Gasteiger partial charge >= 0.3 is 5.97 Å². The molecule has 0 aromatic heterocycles. The molecule has 1 rings (SSSR count). The fourth-order valence-electron chi connectivity index (χ4n) is 3.58. The Morgan fingerprint density at radius 3 is 2.15 bits per heavy atom. The van der Waals surface area contributed by atoms with Crippen LogP contribution in [0.25, 0.3) is 0 Å². The second kappa shape index (κ2) is 13.4. The smallest absolute Gasteiger partial charge is 0.328 e. The number of rotatable bonds is 11. The molecule has 1 aliphatic heterocycles. The lowest BCUT2D eigenvalue weighted by atomic mass is 10.1. The number of hydrogen-bond acceptors (Lipinski definition) is 4. The summed E-state index contributed by atoms with van der Waals surface area (Å²) in [6.07, 6.45) is 14.0. The predicted octanol–water partition coefficient (Wildman–Crippen LogP) is 8.61. The Morgan fingerprint density at radius 2 is 1.64 bits per heavy atom. The van der Waals surface area contributed by atoms with Crippen molar-refractivity contribution in [1.82, 2.24) is 0 Å². The Balaban J connectivity index is 3.04.